The molecule has 0 bridgehead atoms. The molecule has 1 aromatic carbocycles. The van der Waals surface area contributed by atoms with Gasteiger partial charge in [0.2, 0.25) is 23.6 Å². The lowest BCUT2D eigenvalue weighted by Crippen LogP contribution is -2.57. The van der Waals surface area contributed by atoms with Crippen LogP contribution in [0.4, 0.5) is 4.79 Å². The molecule has 0 aliphatic carbocycles. The van der Waals surface area contributed by atoms with Crippen LogP contribution in [-0.4, -0.2) is 139 Å². The van der Waals surface area contributed by atoms with Crippen LogP contribution in [0.1, 0.15) is 107 Å². The Bertz CT molecular complexity index is 1900. The van der Waals surface area contributed by atoms with Gasteiger partial charge in [0.25, 0.3) is 5.91 Å². The number of amides is 6. The maximum atomic E-state index is 14.2. The van der Waals surface area contributed by atoms with Gasteiger partial charge in [0.1, 0.15) is 36.4 Å². The van der Waals surface area contributed by atoms with Crippen molar-refractivity contribution in [3.05, 3.63) is 59.2 Å². The zero-order valence-electron chi connectivity index (χ0n) is 41.5. The third-order valence-corrected chi connectivity index (χ3v) is 11.9. The number of ether oxygens (including phenoxy) is 3. The molecule has 2 rings (SSSR count). The second-order valence-corrected chi connectivity index (χ2v) is 17.9. The standard InChI is InChI=1S/C49H76N6O12/c1-13-30(5)41-44(59)52-35(10)48(63)67-42(31(6)14-2)33(8)38(66-49(64)50-24-18-19-25-56)23-22-32(7)47(62)65-39(26-29(3)4)43(58)51-34(9)45(60)55(12)37(27-36-20-16-15-17-21-36)46(61)54(11)28-40(57)53-41/h14-17,20-22,29-30,33-35,37-39,41-42,56H,13,18-19,23-28H2,1-12H3,(H,50,64)(H,51,58)(H,52,59)(H,53,57)/b31-14+,32-22-/t30-,33+,34+,35-,37-,38+,39-,41+,42-/m1/s1. The summed E-state index contributed by atoms with van der Waals surface area (Å²) in [6.07, 6.45) is 0.647. The van der Waals surface area contributed by atoms with Gasteiger partial charge in [0, 0.05) is 51.6 Å². The van der Waals surface area contributed by atoms with Crippen LogP contribution in [0, 0.1) is 17.8 Å². The highest BCUT2D eigenvalue weighted by molar-refractivity contribution is 5.96. The molecule has 374 valence electrons. The number of unbranched alkanes of at least 4 members (excludes halogenated alkanes) is 1. The Hall–Kier alpha value is -5.78. The second-order valence-electron chi connectivity index (χ2n) is 17.9. The van der Waals surface area contributed by atoms with Crippen LogP contribution >= 0.6 is 0 Å². The van der Waals surface area contributed by atoms with E-state index in [4.69, 9.17) is 14.2 Å². The summed E-state index contributed by atoms with van der Waals surface area (Å²) in [5.74, 6) is -6.21. The molecule has 6 amide bonds. The Morgan fingerprint density at radius 1 is 0.925 bits per heavy atom. The zero-order valence-corrected chi connectivity index (χ0v) is 41.5. The summed E-state index contributed by atoms with van der Waals surface area (Å²) in [6.45, 7) is 16.5. The minimum Gasteiger partial charge on any atom is -0.456 e. The molecule has 18 nitrogen and oxygen atoms in total. The molecule has 9 atom stereocenters. The van der Waals surface area contributed by atoms with Gasteiger partial charge in [0.15, 0.2) is 6.10 Å². The minimum absolute atomic E-state index is 0.0540. The Morgan fingerprint density at radius 3 is 2.16 bits per heavy atom. The zero-order chi connectivity index (χ0) is 50.5. The fourth-order valence-electron chi connectivity index (χ4n) is 7.30. The third-order valence-electron chi connectivity index (χ3n) is 11.9. The molecule has 1 aliphatic heterocycles. The fraction of sp³-hybridized carbons (Fsp3) is 0.633. The van der Waals surface area contributed by atoms with Gasteiger partial charge in [-0.2, -0.15) is 0 Å². The molecule has 18 heteroatoms. The van der Waals surface area contributed by atoms with Gasteiger partial charge in [0.05, 0.1) is 6.54 Å². The molecular weight excluding hydrogens is 865 g/mol. The van der Waals surface area contributed by atoms with Crippen molar-refractivity contribution < 1.29 is 57.7 Å². The van der Waals surface area contributed by atoms with Crippen molar-refractivity contribution in [1.29, 1.82) is 0 Å². The van der Waals surface area contributed by atoms with E-state index in [1.165, 1.54) is 45.8 Å². The van der Waals surface area contributed by atoms with Crippen LogP contribution < -0.4 is 21.3 Å². The first kappa shape index (κ1) is 57.3. The van der Waals surface area contributed by atoms with Crippen LogP contribution in [0.15, 0.2) is 53.6 Å². The van der Waals surface area contributed by atoms with Crippen molar-refractivity contribution in [2.75, 3.05) is 33.8 Å². The number of rotatable bonds is 12. The van der Waals surface area contributed by atoms with Crippen molar-refractivity contribution in [2.45, 2.75) is 150 Å². The SMILES string of the molecule is C/C=C(\C)[C@H]1OC(=O)[C@@H](C)NC(=O)[C@H]([C@H](C)CC)NC(=O)CN(C)C(=O)[C@@H](Cc2ccccc2)N(C)C(=O)[C@H](C)NC(=O)[C@@H](CC(C)C)OC(=O)/C(C)=C\C[C@H](OC(=O)NCCCCO)[C@@H]1C. The number of nitrogens with one attached hydrogen (secondary N) is 4. The molecular formula is C49H76N6O12. The van der Waals surface area contributed by atoms with Crippen molar-refractivity contribution >= 4 is 47.6 Å². The molecule has 1 aromatic rings. The number of hydrogen-bond acceptors (Lipinski definition) is 12. The molecule has 67 heavy (non-hydrogen) atoms. The van der Waals surface area contributed by atoms with Crippen molar-refractivity contribution in [2.24, 2.45) is 17.8 Å². The van der Waals surface area contributed by atoms with Crippen LogP contribution in [0.2, 0.25) is 0 Å². The van der Waals surface area contributed by atoms with E-state index < -0.39 is 108 Å². The maximum absolute atomic E-state index is 14.2. The van der Waals surface area contributed by atoms with E-state index in [1.54, 1.807) is 58.0 Å². The molecule has 5 N–H and O–H groups in total. The largest absolute Gasteiger partial charge is 0.456 e. The summed E-state index contributed by atoms with van der Waals surface area (Å²) in [5, 5.41) is 19.9. The molecule has 0 unspecified atom stereocenters. The van der Waals surface area contributed by atoms with Crippen molar-refractivity contribution in [1.82, 2.24) is 31.1 Å². The predicted molar refractivity (Wildman–Crippen MR) is 252 cm³/mol. The monoisotopic (exact) mass is 941 g/mol. The van der Waals surface area contributed by atoms with Gasteiger partial charge in [-0.1, -0.05) is 83.5 Å². The van der Waals surface area contributed by atoms with E-state index in [0.717, 1.165) is 10.5 Å². The van der Waals surface area contributed by atoms with Gasteiger partial charge in [-0.3, -0.25) is 24.0 Å². The van der Waals surface area contributed by atoms with E-state index in [9.17, 15) is 43.5 Å². The van der Waals surface area contributed by atoms with Crippen LogP contribution in [0.3, 0.4) is 0 Å². The summed E-state index contributed by atoms with van der Waals surface area (Å²) in [5.41, 5.74) is 1.40. The Balaban J connectivity index is 2.71. The summed E-state index contributed by atoms with van der Waals surface area (Å²) in [7, 11) is 2.83. The first-order valence-corrected chi connectivity index (χ1v) is 23.3. The van der Waals surface area contributed by atoms with Crippen molar-refractivity contribution in [3.8, 4) is 0 Å². The Kier molecular flexibility index (Phi) is 24.3. The summed E-state index contributed by atoms with van der Waals surface area (Å²) in [4.78, 5) is 113. The smallest absolute Gasteiger partial charge is 0.407 e. The number of nitrogens with zero attached hydrogens (tertiary/aromatic N) is 2. The fourth-order valence-corrected chi connectivity index (χ4v) is 7.30. The number of aliphatic hydroxyl groups is 1. The number of benzene rings is 1. The number of aliphatic hydroxyl groups excluding tert-OH is 1. The van der Waals surface area contributed by atoms with Gasteiger partial charge in [-0.05, 0) is 76.9 Å². The number of allylic oxidation sites excluding steroid dienone is 1. The van der Waals surface area contributed by atoms with Crippen molar-refractivity contribution in [3.63, 3.8) is 0 Å². The number of cyclic esters (lactones) is 2. The van der Waals surface area contributed by atoms with Crippen LogP contribution in [0.25, 0.3) is 0 Å². The van der Waals surface area contributed by atoms with E-state index in [1.807, 2.05) is 26.8 Å². The summed E-state index contributed by atoms with van der Waals surface area (Å²) in [6, 6.07) is 4.32. The summed E-state index contributed by atoms with van der Waals surface area (Å²) >= 11 is 0. The Morgan fingerprint density at radius 2 is 1.57 bits per heavy atom. The van der Waals surface area contributed by atoms with E-state index in [2.05, 4.69) is 21.3 Å². The average Bonchev–Trinajstić information content (AvgIpc) is 3.29. The number of esters is 2. The highest BCUT2D eigenvalue weighted by atomic mass is 16.6. The second kappa shape index (κ2) is 28.4. The third kappa shape index (κ3) is 18.4. The topological polar surface area (TPSA) is 239 Å². The predicted octanol–water partition coefficient (Wildman–Crippen LogP) is 3.74. The highest BCUT2D eigenvalue weighted by Gasteiger charge is 2.37. The Labute approximate surface area is 396 Å². The lowest BCUT2D eigenvalue weighted by molar-refractivity contribution is -0.155. The molecule has 0 saturated carbocycles. The number of carbonyl (C=O) groups is 8. The van der Waals surface area contributed by atoms with Gasteiger partial charge in [-0.25, -0.2) is 14.4 Å². The average molecular weight is 941 g/mol. The first-order chi connectivity index (χ1) is 31.6. The van der Waals surface area contributed by atoms with E-state index in [-0.39, 0.29) is 43.9 Å². The van der Waals surface area contributed by atoms with Gasteiger partial charge >= 0.3 is 18.0 Å². The first-order valence-electron chi connectivity index (χ1n) is 23.3. The quantitative estimate of drug-likeness (QED) is 0.0872. The van der Waals surface area contributed by atoms with Gasteiger partial charge in [-0.15, -0.1) is 0 Å². The normalized spacial score (nSPS) is 26.6. The highest BCUT2D eigenvalue weighted by Crippen LogP contribution is 2.26. The number of carbonyl (C=O) groups excluding carboxylic acids is 8. The van der Waals surface area contributed by atoms with E-state index in [0.29, 0.717) is 24.8 Å². The lowest BCUT2D eigenvalue weighted by Gasteiger charge is -2.33. The summed E-state index contributed by atoms with van der Waals surface area (Å²) < 4.78 is 17.7. The lowest BCUT2D eigenvalue weighted by atomic mass is 9.90. The molecule has 0 aromatic heterocycles. The number of alkyl carbamates (subject to hydrolysis) is 1. The van der Waals surface area contributed by atoms with Gasteiger partial charge < -0.3 is 50.4 Å². The van der Waals surface area contributed by atoms with E-state index >= 15 is 0 Å². The molecule has 0 saturated heterocycles. The maximum Gasteiger partial charge on any atom is 0.407 e. The molecule has 1 aliphatic rings. The van der Waals surface area contributed by atoms with Crippen LogP contribution in [-0.2, 0) is 54.2 Å². The molecule has 0 fully saturated rings. The van der Waals surface area contributed by atoms with Crippen LogP contribution in [0.5, 0.6) is 0 Å². The molecule has 0 radical (unpaired) electrons. The molecule has 1 heterocycles. The molecule has 0 spiro atoms. The minimum atomic E-state index is -1.32. The number of likely N-dealkylation sites (N-methyl/N-ethyl adjacent to an activating group) is 2. The number of hydrogen-bond donors (Lipinski definition) is 5.